The summed E-state index contributed by atoms with van der Waals surface area (Å²) in [5.41, 5.74) is 9.58. The van der Waals surface area contributed by atoms with Gasteiger partial charge in [-0.2, -0.15) is 5.10 Å². The Hall–Kier alpha value is -3.67. The number of aryl methyl sites for hydroxylation is 2. The van der Waals surface area contributed by atoms with E-state index in [4.69, 9.17) is 10.5 Å². The molecule has 0 bridgehead atoms. The van der Waals surface area contributed by atoms with Crippen LogP contribution in [-0.4, -0.2) is 20.7 Å². The predicted octanol–water partition coefficient (Wildman–Crippen LogP) is 4.33. The standard InChI is InChI=1S/C22H20N4O2.H2/c1-3-14-10-15(5-7-19(14)22(23)27)20-11-18(8-9-24-20)28-17-6-4-16-13-25-26(2)21(16)12-17;/h4-13H,3H2,1-2H3,(H2,23,27);1H. The summed E-state index contributed by atoms with van der Waals surface area (Å²) in [5, 5.41) is 5.31. The number of hydrogen-bond acceptors (Lipinski definition) is 4. The molecule has 1 amide bonds. The Morgan fingerprint density at radius 2 is 1.96 bits per heavy atom. The van der Waals surface area contributed by atoms with Crippen molar-refractivity contribution in [3.05, 3.63) is 72.1 Å². The molecule has 0 radical (unpaired) electrons. The van der Waals surface area contributed by atoms with Crippen LogP contribution in [-0.2, 0) is 13.5 Å². The monoisotopic (exact) mass is 374 g/mol. The first-order valence-corrected chi connectivity index (χ1v) is 9.04. The highest BCUT2D eigenvalue weighted by atomic mass is 16.5. The van der Waals surface area contributed by atoms with E-state index in [-0.39, 0.29) is 1.43 Å². The van der Waals surface area contributed by atoms with E-state index in [9.17, 15) is 4.79 Å². The molecule has 0 spiro atoms. The number of nitrogens with two attached hydrogens (primary N) is 1. The normalized spacial score (nSPS) is 10.9. The van der Waals surface area contributed by atoms with Crippen LogP contribution in [0.4, 0.5) is 0 Å². The van der Waals surface area contributed by atoms with Crippen molar-refractivity contribution in [1.29, 1.82) is 0 Å². The van der Waals surface area contributed by atoms with Gasteiger partial charge in [-0.3, -0.25) is 14.5 Å². The molecular weight excluding hydrogens is 352 g/mol. The number of amides is 1. The van der Waals surface area contributed by atoms with Gasteiger partial charge in [0.05, 0.1) is 17.4 Å². The van der Waals surface area contributed by atoms with Crippen molar-refractivity contribution in [1.82, 2.24) is 14.8 Å². The lowest BCUT2D eigenvalue weighted by molar-refractivity contribution is 0.0999. The first-order valence-electron chi connectivity index (χ1n) is 9.04. The molecule has 2 aromatic carbocycles. The largest absolute Gasteiger partial charge is 0.457 e. The van der Waals surface area contributed by atoms with E-state index in [0.717, 1.165) is 33.5 Å². The predicted molar refractivity (Wildman–Crippen MR) is 110 cm³/mol. The van der Waals surface area contributed by atoms with Gasteiger partial charge in [-0.25, -0.2) is 0 Å². The SMILES string of the molecule is CCc1cc(-c2cc(Oc3ccc4cnn(C)c4c3)ccn2)ccc1C(N)=O.[HH]. The summed E-state index contributed by atoms with van der Waals surface area (Å²) in [6, 6.07) is 15.1. The first kappa shape index (κ1) is 17.7. The quantitative estimate of drug-likeness (QED) is 0.563. The van der Waals surface area contributed by atoms with Crippen LogP contribution in [0.15, 0.2) is 60.9 Å². The highest BCUT2D eigenvalue weighted by Crippen LogP contribution is 2.29. The Balaban J connectivity index is 0.00000240. The van der Waals surface area contributed by atoms with E-state index >= 15 is 0 Å². The minimum absolute atomic E-state index is 0. The van der Waals surface area contributed by atoms with Crippen molar-refractivity contribution >= 4 is 16.8 Å². The van der Waals surface area contributed by atoms with Crippen LogP contribution in [0, 0.1) is 0 Å². The van der Waals surface area contributed by atoms with Gasteiger partial charge in [-0.15, -0.1) is 0 Å². The van der Waals surface area contributed by atoms with Crippen molar-refractivity contribution in [3.8, 4) is 22.8 Å². The van der Waals surface area contributed by atoms with Crippen LogP contribution in [0.5, 0.6) is 11.5 Å². The molecule has 0 unspecified atom stereocenters. The molecule has 4 aromatic rings. The topological polar surface area (TPSA) is 83.0 Å². The van der Waals surface area contributed by atoms with Gasteiger partial charge in [0, 0.05) is 43.3 Å². The zero-order chi connectivity index (χ0) is 19.7. The van der Waals surface area contributed by atoms with E-state index in [1.54, 1.807) is 12.3 Å². The molecule has 0 saturated carbocycles. The molecule has 0 aliphatic carbocycles. The Morgan fingerprint density at radius 1 is 1.14 bits per heavy atom. The average Bonchev–Trinajstić information content (AvgIpc) is 3.08. The minimum Gasteiger partial charge on any atom is -0.457 e. The number of fused-ring (bicyclic) bond motifs is 1. The second-order valence-electron chi connectivity index (χ2n) is 6.56. The summed E-state index contributed by atoms with van der Waals surface area (Å²) in [4.78, 5) is 16.0. The van der Waals surface area contributed by atoms with E-state index in [1.807, 2.05) is 67.3 Å². The third-order valence-electron chi connectivity index (χ3n) is 4.74. The number of pyridine rings is 1. The van der Waals surface area contributed by atoms with Crippen LogP contribution in [0.3, 0.4) is 0 Å². The van der Waals surface area contributed by atoms with Crippen LogP contribution in [0.25, 0.3) is 22.2 Å². The Morgan fingerprint density at radius 3 is 2.75 bits per heavy atom. The number of carbonyl (C=O) groups excluding carboxylic acids is 1. The van der Waals surface area contributed by atoms with E-state index in [0.29, 0.717) is 17.7 Å². The fourth-order valence-electron chi connectivity index (χ4n) is 3.24. The molecule has 142 valence electrons. The summed E-state index contributed by atoms with van der Waals surface area (Å²) in [6.45, 7) is 1.99. The fraction of sp³-hybridized carbons (Fsp3) is 0.136. The van der Waals surface area contributed by atoms with Gasteiger partial charge >= 0.3 is 0 Å². The molecule has 28 heavy (non-hydrogen) atoms. The first-order chi connectivity index (χ1) is 13.5. The van der Waals surface area contributed by atoms with Crippen LogP contribution in [0.2, 0.25) is 0 Å². The maximum atomic E-state index is 11.6. The van der Waals surface area contributed by atoms with Crippen molar-refractivity contribution in [2.75, 3.05) is 0 Å². The summed E-state index contributed by atoms with van der Waals surface area (Å²) < 4.78 is 7.85. The van der Waals surface area contributed by atoms with Gasteiger partial charge in [0.2, 0.25) is 5.91 Å². The molecule has 0 fully saturated rings. The van der Waals surface area contributed by atoms with Gasteiger partial charge in [-0.1, -0.05) is 13.0 Å². The fourth-order valence-corrected chi connectivity index (χ4v) is 3.24. The molecule has 0 saturated heterocycles. The number of rotatable bonds is 5. The molecule has 0 aliphatic rings. The summed E-state index contributed by atoms with van der Waals surface area (Å²) in [5.74, 6) is 0.995. The molecular formula is C22H22N4O2. The summed E-state index contributed by atoms with van der Waals surface area (Å²) in [7, 11) is 1.90. The Kier molecular flexibility index (Phi) is 4.53. The number of hydrogen-bond donors (Lipinski definition) is 1. The van der Waals surface area contributed by atoms with Gasteiger partial charge in [0.15, 0.2) is 0 Å². The van der Waals surface area contributed by atoms with Crippen LogP contribution >= 0.6 is 0 Å². The number of aromatic nitrogens is 3. The number of benzene rings is 2. The van der Waals surface area contributed by atoms with Crippen molar-refractivity contribution in [3.63, 3.8) is 0 Å². The second kappa shape index (κ2) is 7.15. The zero-order valence-electron chi connectivity index (χ0n) is 15.7. The Labute approximate surface area is 164 Å². The molecule has 2 heterocycles. The lowest BCUT2D eigenvalue weighted by atomic mass is 9.99. The highest BCUT2D eigenvalue weighted by Gasteiger charge is 2.10. The maximum Gasteiger partial charge on any atom is 0.248 e. The summed E-state index contributed by atoms with van der Waals surface area (Å²) >= 11 is 0. The van der Waals surface area contributed by atoms with E-state index in [2.05, 4.69) is 10.1 Å². The lowest BCUT2D eigenvalue weighted by Crippen LogP contribution is -2.13. The Bertz CT molecular complexity index is 1190. The molecule has 6 nitrogen and oxygen atoms in total. The molecule has 6 heteroatoms. The molecule has 2 aromatic heterocycles. The molecule has 2 N–H and O–H groups in total. The third-order valence-corrected chi connectivity index (χ3v) is 4.74. The lowest BCUT2D eigenvalue weighted by Gasteiger charge is -2.10. The van der Waals surface area contributed by atoms with Crippen LogP contribution in [0.1, 0.15) is 24.3 Å². The molecule has 4 rings (SSSR count). The third kappa shape index (κ3) is 3.32. The minimum atomic E-state index is -0.418. The number of carbonyl (C=O) groups is 1. The highest BCUT2D eigenvalue weighted by molar-refractivity contribution is 5.95. The smallest absolute Gasteiger partial charge is 0.248 e. The van der Waals surface area contributed by atoms with Gasteiger partial charge in [0.25, 0.3) is 0 Å². The van der Waals surface area contributed by atoms with Crippen molar-refractivity contribution in [2.24, 2.45) is 12.8 Å². The van der Waals surface area contributed by atoms with E-state index < -0.39 is 5.91 Å². The molecule has 0 aliphatic heterocycles. The summed E-state index contributed by atoms with van der Waals surface area (Å²) in [6.07, 6.45) is 4.25. The second-order valence-corrected chi connectivity index (χ2v) is 6.56. The van der Waals surface area contributed by atoms with Gasteiger partial charge in [0.1, 0.15) is 11.5 Å². The number of ether oxygens (including phenoxy) is 1. The maximum absolute atomic E-state index is 11.6. The number of primary amides is 1. The molecule has 0 atom stereocenters. The van der Waals surface area contributed by atoms with Gasteiger partial charge < -0.3 is 10.5 Å². The zero-order valence-corrected chi connectivity index (χ0v) is 15.7. The van der Waals surface area contributed by atoms with Crippen LogP contribution < -0.4 is 10.5 Å². The van der Waals surface area contributed by atoms with Gasteiger partial charge in [-0.05, 0) is 42.3 Å². The number of nitrogens with zero attached hydrogens (tertiary/aromatic N) is 3. The average molecular weight is 374 g/mol. The van der Waals surface area contributed by atoms with E-state index in [1.165, 1.54) is 0 Å². The van der Waals surface area contributed by atoms with Crippen molar-refractivity contribution < 1.29 is 11.0 Å². The van der Waals surface area contributed by atoms with Crippen molar-refractivity contribution in [2.45, 2.75) is 13.3 Å².